The van der Waals surface area contributed by atoms with Crippen molar-refractivity contribution in [3.05, 3.63) is 11.6 Å². The van der Waals surface area contributed by atoms with Gasteiger partial charge in [-0.1, -0.05) is 79.4 Å². The van der Waals surface area contributed by atoms with Crippen molar-refractivity contribution < 1.29 is 5.11 Å². The van der Waals surface area contributed by atoms with E-state index in [4.69, 9.17) is 0 Å². The quantitative estimate of drug-likeness (QED) is 0.422. The fourth-order valence-electron chi connectivity index (χ4n) is 9.34. The highest BCUT2D eigenvalue weighted by atomic mass is 16.3. The molecule has 0 spiro atoms. The molecule has 3 saturated carbocycles. The van der Waals surface area contributed by atoms with Gasteiger partial charge in [0.05, 0.1) is 6.10 Å². The molecule has 0 aromatic rings. The molecular weight excluding hydrogens is 376 g/mol. The molecule has 10 atom stereocenters. The zero-order valence-corrected chi connectivity index (χ0v) is 21.8. The molecule has 1 nitrogen and oxygen atoms in total. The van der Waals surface area contributed by atoms with Gasteiger partial charge in [0.1, 0.15) is 0 Å². The summed E-state index contributed by atoms with van der Waals surface area (Å²) in [7, 11) is 0. The molecule has 0 aromatic carbocycles. The first-order valence-electron chi connectivity index (χ1n) is 14.0. The van der Waals surface area contributed by atoms with Gasteiger partial charge in [-0.25, -0.2) is 0 Å². The van der Waals surface area contributed by atoms with Crippen LogP contribution in [0, 0.1) is 58.2 Å². The molecule has 4 aliphatic rings. The summed E-state index contributed by atoms with van der Waals surface area (Å²) >= 11 is 0. The lowest BCUT2D eigenvalue weighted by Crippen LogP contribution is -2.53. The zero-order chi connectivity index (χ0) is 22.6. The number of aliphatic hydroxyl groups excluding tert-OH is 1. The van der Waals surface area contributed by atoms with Crippen LogP contribution in [0.1, 0.15) is 113 Å². The predicted molar refractivity (Wildman–Crippen MR) is 133 cm³/mol. The van der Waals surface area contributed by atoms with Gasteiger partial charge in [0, 0.05) is 0 Å². The molecule has 0 bridgehead atoms. The van der Waals surface area contributed by atoms with Crippen LogP contribution in [-0.2, 0) is 0 Å². The average molecular weight is 429 g/mol. The van der Waals surface area contributed by atoms with E-state index in [0.717, 1.165) is 48.3 Å². The van der Waals surface area contributed by atoms with E-state index in [2.05, 4.69) is 54.5 Å². The maximum atomic E-state index is 10.7. The highest BCUT2D eigenvalue weighted by Crippen LogP contribution is 2.67. The van der Waals surface area contributed by atoms with Crippen LogP contribution in [-0.4, -0.2) is 11.2 Å². The molecular formula is C30H52O. The third kappa shape index (κ3) is 3.87. The largest absolute Gasteiger partial charge is 0.393 e. The van der Waals surface area contributed by atoms with Crippen molar-refractivity contribution in [1.29, 1.82) is 0 Å². The Labute approximate surface area is 193 Å². The van der Waals surface area contributed by atoms with E-state index in [-0.39, 0.29) is 6.10 Å². The Bertz CT molecular complexity index is 663. The fraction of sp³-hybridized carbons (Fsp3) is 0.933. The Morgan fingerprint density at radius 2 is 1.61 bits per heavy atom. The molecule has 4 rings (SSSR count). The summed E-state index contributed by atoms with van der Waals surface area (Å²) in [5.74, 6) is 6.31. The molecule has 4 aliphatic carbocycles. The van der Waals surface area contributed by atoms with Crippen molar-refractivity contribution in [3.8, 4) is 0 Å². The third-order valence-electron chi connectivity index (χ3n) is 11.8. The topological polar surface area (TPSA) is 20.2 Å². The van der Waals surface area contributed by atoms with Gasteiger partial charge >= 0.3 is 0 Å². The number of rotatable bonds is 6. The van der Waals surface area contributed by atoms with Crippen molar-refractivity contribution in [2.24, 2.45) is 58.2 Å². The summed E-state index contributed by atoms with van der Waals surface area (Å²) in [5.41, 5.74) is 2.84. The van der Waals surface area contributed by atoms with Crippen LogP contribution in [0.25, 0.3) is 0 Å². The Hall–Kier alpha value is -0.300. The van der Waals surface area contributed by atoms with Gasteiger partial charge in [0.2, 0.25) is 0 Å². The summed E-state index contributed by atoms with van der Waals surface area (Å²) in [5, 5.41) is 10.7. The van der Waals surface area contributed by atoms with Crippen LogP contribution < -0.4 is 0 Å². The van der Waals surface area contributed by atoms with Crippen LogP contribution in [0.2, 0.25) is 0 Å². The predicted octanol–water partition coefficient (Wildman–Crippen LogP) is 8.27. The lowest BCUT2D eigenvalue weighted by Gasteiger charge is -2.59. The molecule has 31 heavy (non-hydrogen) atoms. The second-order valence-electron chi connectivity index (χ2n) is 13.3. The molecule has 0 saturated heterocycles. The summed E-state index contributed by atoms with van der Waals surface area (Å²) < 4.78 is 0. The van der Waals surface area contributed by atoms with Gasteiger partial charge in [-0.3, -0.25) is 0 Å². The standard InChI is InChI=1S/C30H52O/c1-8-22-25-12-11-23-26-14-13-24(21(5)10-9-20(4)19(2)3)29(26,6)17-15-27(23)30(25,7)18-16-28(22)31/h11,19-22,24-28,31H,8-10,12-18H2,1-7H3/t20-,21+,22?,24+,25?,26-,27-,28?,29+,30-/m0/s1. The lowest BCUT2D eigenvalue weighted by molar-refractivity contribution is -0.0843. The van der Waals surface area contributed by atoms with Gasteiger partial charge < -0.3 is 5.11 Å². The molecule has 0 aliphatic heterocycles. The summed E-state index contributed by atoms with van der Waals surface area (Å²) in [6, 6.07) is 0. The molecule has 1 N–H and O–H groups in total. The highest BCUT2D eigenvalue weighted by molar-refractivity contribution is 5.28. The van der Waals surface area contributed by atoms with Crippen LogP contribution in [0.15, 0.2) is 11.6 Å². The van der Waals surface area contributed by atoms with E-state index in [1.54, 1.807) is 0 Å². The van der Waals surface area contributed by atoms with E-state index in [0.29, 0.717) is 22.7 Å². The molecule has 0 heterocycles. The first-order valence-corrected chi connectivity index (χ1v) is 14.0. The Morgan fingerprint density at radius 3 is 2.29 bits per heavy atom. The number of aliphatic hydroxyl groups is 1. The summed E-state index contributed by atoms with van der Waals surface area (Å²) in [6.45, 7) is 17.4. The van der Waals surface area contributed by atoms with Gasteiger partial charge in [0.25, 0.3) is 0 Å². The lowest BCUT2D eigenvalue weighted by atomic mass is 9.46. The van der Waals surface area contributed by atoms with Crippen LogP contribution in [0.5, 0.6) is 0 Å². The van der Waals surface area contributed by atoms with Gasteiger partial charge in [-0.2, -0.15) is 0 Å². The molecule has 0 radical (unpaired) electrons. The van der Waals surface area contributed by atoms with Crippen molar-refractivity contribution in [2.45, 2.75) is 119 Å². The zero-order valence-electron chi connectivity index (χ0n) is 21.8. The minimum Gasteiger partial charge on any atom is -0.393 e. The van der Waals surface area contributed by atoms with Crippen molar-refractivity contribution in [2.75, 3.05) is 0 Å². The first-order chi connectivity index (χ1) is 14.6. The average Bonchev–Trinajstić information content (AvgIpc) is 3.09. The second kappa shape index (κ2) is 8.81. The summed E-state index contributed by atoms with van der Waals surface area (Å²) in [6.07, 6.45) is 15.9. The van der Waals surface area contributed by atoms with Crippen molar-refractivity contribution >= 4 is 0 Å². The van der Waals surface area contributed by atoms with Gasteiger partial charge in [0.15, 0.2) is 0 Å². The molecule has 0 aromatic heterocycles. The van der Waals surface area contributed by atoms with Crippen LogP contribution in [0.4, 0.5) is 0 Å². The van der Waals surface area contributed by atoms with E-state index in [9.17, 15) is 5.11 Å². The normalized spacial score (nSPS) is 46.7. The minimum atomic E-state index is -0.0585. The van der Waals surface area contributed by atoms with Crippen LogP contribution >= 0.6 is 0 Å². The smallest absolute Gasteiger partial charge is 0.0571 e. The monoisotopic (exact) mass is 428 g/mol. The van der Waals surface area contributed by atoms with Crippen molar-refractivity contribution in [3.63, 3.8) is 0 Å². The molecule has 0 amide bonds. The number of hydrogen-bond acceptors (Lipinski definition) is 1. The maximum Gasteiger partial charge on any atom is 0.0571 e. The van der Waals surface area contributed by atoms with Gasteiger partial charge in [-0.05, 0) is 103 Å². The number of hydrogen-bond donors (Lipinski definition) is 1. The van der Waals surface area contributed by atoms with E-state index in [1.807, 2.05) is 5.57 Å². The molecule has 1 heteroatoms. The molecule has 3 fully saturated rings. The number of allylic oxidation sites excluding steroid dienone is 2. The highest BCUT2D eigenvalue weighted by Gasteiger charge is 2.59. The van der Waals surface area contributed by atoms with Crippen LogP contribution in [0.3, 0.4) is 0 Å². The van der Waals surface area contributed by atoms with E-state index in [1.165, 1.54) is 51.4 Å². The summed E-state index contributed by atoms with van der Waals surface area (Å²) in [4.78, 5) is 0. The Kier molecular flexibility index (Phi) is 6.78. The molecule has 178 valence electrons. The first kappa shape index (κ1) is 23.8. The Balaban J connectivity index is 1.52. The fourth-order valence-corrected chi connectivity index (χ4v) is 9.34. The number of fused-ring (bicyclic) bond motifs is 5. The second-order valence-corrected chi connectivity index (χ2v) is 13.3. The van der Waals surface area contributed by atoms with E-state index >= 15 is 0 Å². The van der Waals surface area contributed by atoms with Gasteiger partial charge in [-0.15, -0.1) is 0 Å². The van der Waals surface area contributed by atoms with Crippen molar-refractivity contribution in [1.82, 2.24) is 0 Å². The molecule has 3 unspecified atom stereocenters. The maximum absolute atomic E-state index is 10.7. The Morgan fingerprint density at radius 1 is 0.935 bits per heavy atom. The SMILES string of the molecule is CCC1C(O)CC[C@@]2(C)C1CC=C1[C@@H]3CC[C@H]([C@H](C)CC[C@H](C)C(C)C)[C@@]3(C)CC[C@@H]12. The third-order valence-corrected chi connectivity index (χ3v) is 11.8. The van der Waals surface area contributed by atoms with E-state index < -0.39 is 0 Å². The minimum absolute atomic E-state index is 0.0585.